The normalized spacial score (nSPS) is 17.9. The van der Waals surface area contributed by atoms with Gasteiger partial charge in [0.05, 0.1) is 6.54 Å². The average molecular weight is 370 g/mol. The van der Waals surface area contributed by atoms with Crippen molar-refractivity contribution in [1.82, 2.24) is 10.3 Å². The number of rotatable bonds is 4. The zero-order valence-corrected chi connectivity index (χ0v) is 15.7. The number of ether oxygens (including phenoxy) is 1. The number of hydrogen-bond acceptors (Lipinski definition) is 3. The van der Waals surface area contributed by atoms with E-state index in [4.69, 9.17) is 4.74 Å². The highest BCUT2D eigenvalue weighted by Gasteiger charge is 2.25. The molecular formula is C24H22N2O2. The van der Waals surface area contributed by atoms with Crippen LogP contribution in [-0.2, 0) is 11.2 Å². The van der Waals surface area contributed by atoms with Crippen LogP contribution in [0.1, 0.15) is 24.8 Å². The number of pyridine rings is 1. The number of hydrogen-bond donors (Lipinski definition) is 1. The summed E-state index contributed by atoms with van der Waals surface area (Å²) in [5, 5.41) is 5.46. The van der Waals surface area contributed by atoms with Crippen molar-refractivity contribution in [2.24, 2.45) is 0 Å². The van der Waals surface area contributed by atoms with Crippen LogP contribution in [0.5, 0.6) is 5.75 Å². The molecular weight excluding hydrogens is 348 g/mol. The largest absolute Gasteiger partial charge is 0.488 e. The molecule has 0 bridgehead atoms. The highest BCUT2D eigenvalue weighted by Crippen LogP contribution is 2.36. The minimum Gasteiger partial charge on any atom is -0.488 e. The Kier molecular flexibility index (Phi) is 4.32. The van der Waals surface area contributed by atoms with Gasteiger partial charge in [-0.1, -0.05) is 30.3 Å². The Morgan fingerprint density at radius 2 is 2.14 bits per heavy atom. The molecule has 0 spiro atoms. The van der Waals surface area contributed by atoms with Gasteiger partial charge in [0.2, 0.25) is 5.91 Å². The van der Waals surface area contributed by atoms with Gasteiger partial charge in [0, 0.05) is 35.5 Å². The Morgan fingerprint density at radius 1 is 1.18 bits per heavy atom. The molecule has 1 amide bonds. The third kappa shape index (κ3) is 3.15. The molecule has 5 rings (SSSR count). The van der Waals surface area contributed by atoms with Crippen molar-refractivity contribution < 1.29 is 9.53 Å². The average Bonchev–Trinajstić information content (AvgIpc) is 3.42. The molecule has 1 N–H and O–H groups in total. The van der Waals surface area contributed by atoms with Gasteiger partial charge in [0.25, 0.3) is 0 Å². The van der Waals surface area contributed by atoms with Crippen LogP contribution in [0.25, 0.3) is 21.9 Å². The number of carbonyl (C=O) groups is 1. The summed E-state index contributed by atoms with van der Waals surface area (Å²) in [5.74, 6) is 0.990. The minimum absolute atomic E-state index is 0.00967. The summed E-state index contributed by atoms with van der Waals surface area (Å²) in [6.07, 6.45) is 9.52. The fourth-order valence-electron chi connectivity index (χ4n) is 4.17. The predicted octanol–water partition coefficient (Wildman–Crippen LogP) is 4.43. The van der Waals surface area contributed by atoms with Gasteiger partial charge in [0.1, 0.15) is 11.9 Å². The smallest absolute Gasteiger partial charge is 0.247 e. The zero-order valence-electron chi connectivity index (χ0n) is 15.7. The zero-order chi connectivity index (χ0) is 18.9. The second-order valence-corrected chi connectivity index (χ2v) is 7.50. The maximum atomic E-state index is 12.2. The van der Waals surface area contributed by atoms with Crippen molar-refractivity contribution in [2.75, 3.05) is 6.54 Å². The van der Waals surface area contributed by atoms with Crippen molar-refractivity contribution in [3.05, 3.63) is 72.1 Å². The van der Waals surface area contributed by atoms with Crippen LogP contribution in [0.15, 0.2) is 66.5 Å². The van der Waals surface area contributed by atoms with Crippen LogP contribution < -0.4 is 10.1 Å². The fourth-order valence-corrected chi connectivity index (χ4v) is 4.17. The highest BCUT2D eigenvalue weighted by atomic mass is 16.5. The minimum atomic E-state index is -0.00967. The van der Waals surface area contributed by atoms with Gasteiger partial charge < -0.3 is 10.1 Å². The Bertz CT molecular complexity index is 1070. The number of allylic oxidation sites excluding steroid dienone is 1. The van der Waals surface area contributed by atoms with E-state index in [0.29, 0.717) is 6.54 Å². The Hall–Kier alpha value is -3.14. The first-order valence-electron chi connectivity index (χ1n) is 9.88. The highest BCUT2D eigenvalue weighted by molar-refractivity contribution is 5.94. The van der Waals surface area contributed by atoms with Crippen LogP contribution in [0.4, 0.5) is 0 Å². The molecule has 1 aliphatic carbocycles. The second-order valence-electron chi connectivity index (χ2n) is 7.50. The van der Waals surface area contributed by atoms with Gasteiger partial charge in [-0.3, -0.25) is 9.78 Å². The molecule has 2 aliphatic rings. The van der Waals surface area contributed by atoms with E-state index in [9.17, 15) is 4.79 Å². The molecule has 2 heterocycles. The molecule has 0 saturated carbocycles. The summed E-state index contributed by atoms with van der Waals surface area (Å²) < 4.78 is 6.10. The quantitative estimate of drug-likeness (QED) is 0.739. The summed E-state index contributed by atoms with van der Waals surface area (Å²) >= 11 is 0. The van der Waals surface area contributed by atoms with Gasteiger partial charge >= 0.3 is 0 Å². The van der Waals surface area contributed by atoms with E-state index < -0.39 is 0 Å². The predicted molar refractivity (Wildman–Crippen MR) is 110 cm³/mol. The Balaban J connectivity index is 1.34. The van der Waals surface area contributed by atoms with Crippen molar-refractivity contribution >= 4 is 16.7 Å². The standard InChI is InChI=1S/C24H22N2O2/c27-24(16-4-1-2-5-16)26-15-20-13-22-21-9-7-17(19-6-3-11-25-14-19)12-18(21)8-10-23(22)28-20/h3-4,6-12,14,20H,1-2,5,13,15H2,(H,26,27)/t20-/m0/s1. The molecule has 1 atom stereocenters. The Labute approximate surface area is 164 Å². The maximum absolute atomic E-state index is 12.2. The van der Waals surface area contributed by atoms with Crippen molar-refractivity contribution in [2.45, 2.75) is 31.8 Å². The first-order chi connectivity index (χ1) is 13.8. The van der Waals surface area contributed by atoms with Gasteiger partial charge in [-0.25, -0.2) is 0 Å². The summed E-state index contributed by atoms with van der Waals surface area (Å²) in [7, 11) is 0. The fraction of sp³-hybridized carbons (Fsp3) is 0.250. The summed E-state index contributed by atoms with van der Waals surface area (Å²) in [4.78, 5) is 16.4. The van der Waals surface area contributed by atoms with Crippen LogP contribution in [0, 0.1) is 0 Å². The lowest BCUT2D eigenvalue weighted by Crippen LogP contribution is -2.35. The molecule has 0 fully saturated rings. The number of fused-ring (bicyclic) bond motifs is 3. The van der Waals surface area contributed by atoms with Crippen molar-refractivity contribution in [3.63, 3.8) is 0 Å². The Morgan fingerprint density at radius 3 is 2.96 bits per heavy atom. The summed E-state index contributed by atoms with van der Waals surface area (Å²) in [5.41, 5.74) is 4.43. The molecule has 1 aliphatic heterocycles. The van der Waals surface area contributed by atoms with Gasteiger partial charge in [-0.15, -0.1) is 0 Å². The van der Waals surface area contributed by atoms with E-state index in [1.165, 1.54) is 16.3 Å². The lowest BCUT2D eigenvalue weighted by molar-refractivity contribution is -0.117. The van der Waals surface area contributed by atoms with Gasteiger partial charge in [-0.2, -0.15) is 0 Å². The number of aromatic nitrogens is 1. The van der Waals surface area contributed by atoms with Crippen molar-refractivity contribution in [1.29, 1.82) is 0 Å². The van der Waals surface area contributed by atoms with E-state index in [1.54, 1.807) is 6.20 Å². The number of benzene rings is 2. The third-order valence-corrected chi connectivity index (χ3v) is 5.63. The number of nitrogens with one attached hydrogen (secondary N) is 1. The number of amides is 1. The molecule has 0 saturated heterocycles. The molecule has 3 aromatic rings. The number of nitrogens with zero attached hydrogens (tertiary/aromatic N) is 1. The van der Waals surface area contributed by atoms with E-state index in [-0.39, 0.29) is 12.0 Å². The molecule has 0 unspecified atom stereocenters. The van der Waals surface area contributed by atoms with E-state index in [2.05, 4.69) is 40.6 Å². The molecule has 4 nitrogen and oxygen atoms in total. The SMILES string of the molecule is O=C(NC[C@@H]1Cc2c(ccc3cc(-c4cccnc4)ccc23)O1)C1=CCCC1. The second kappa shape index (κ2) is 7.12. The van der Waals surface area contributed by atoms with Gasteiger partial charge in [-0.05, 0) is 53.8 Å². The molecule has 140 valence electrons. The first-order valence-corrected chi connectivity index (χ1v) is 9.88. The van der Waals surface area contributed by atoms with E-state index in [1.807, 2.05) is 24.4 Å². The van der Waals surface area contributed by atoms with Crippen LogP contribution in [0.3, 0.4) is 0 Å². The molecule has 0 radical (unpaired) electrons. The molecule has 2 aromatic carbocycles. The van der Waals surface area contributed by atoms with Crippen LogP contribution in [-0.4, -0.2) is 23.5 Å². The lowest BCUT2D eigenvalue weighted by atomic mass is 9.97. The topological polar surface area (TPSA) is 51.2 Å². The van der Waals surface area contributed by atoms with E-state index in [0.717, 1.165) is 48.1 Å². The van der Waals surface area contributed by atoms with Gasteiger partial charge in [0.15, 0.2) is 0 Å². The third-order valence-electron chi connectivity index (χ3n) is 5.63. The first kappa shape index (κ1) is 17.0. The van der Waals surface area contributed by atoms with Crippen LogP contribution >= 0.6 is 0 Å². The summed E-state index contributed by atoms with van der Waals surface area (Å²) in [6.45, 7) is 0.542. The maximum Gasteiger partial charge on any atom is 0.247 e. The lowest BCUT2D eigenvalue weighted by Gasteiger charge is -2.12. The molecule has 4 heteroatoms. The molecule has 1 aromatic heterocycles. The monoisotopic (exact) mass is 370 g/mol. The van der Waals surface area contributed by atoms with Crippen LogP contribution in [0.2, 0.25) is 0 Å². The molecule has 28 heavy (non-hydrogen) atoms. The number of carbonyl (C=O) groups excluding carboxylic acids is 1. The van der Waals surface area contributed by atoms with Crippen molar-refractivity contribution in [3.8, 4) is 16.9 Å². The summed E-state index contributed by atoms with van der Waals surface area (Å²) in [6, 6.07) is 14.7. The van der Waals surface area contributed by atoms with E-state index >= 15 is 0 Å².